The molecule has 0 bridgehead atoms. The van der Waals surface area contributed by atoms with E-state index in [1.807, 2.05) is 0 Å². The first-order chi connectivity index (χ1) is 3.41. The minimum atomic E-state index is 1.32. The fourth-order valence-electron chi connectivity index (χ4n) is 0.0527. The van der Waals surface area contributed by atoms with E-state index in [0.717, 1.165) is 0 Å². The Morgan fingerprint density at radius 1 is 1.71 bits per heavy atom. The van der Waals surface area contributed by atoms with Gasteiger partial charge in [-0.15, -0.1) is 6.08 Å². The van der Waals surface area contributed by atoms with Crippen LogP contribution in [-0.2, 0) is 14.4 Å². The summed E-state index contributed by atoms with van der Waals surface area (Å²) in [6.45, 7) is 3.27. The molecule has 0 N–H and O–H groups in total. The van der Waals surface area contributed by atoms with Crippen molar-refractivity contribution in [1.82, 2.24) is 0 Å². The molecule has 0 aliphatic carbocycles. The van der Waals surface area contributed by atoms with Gasteiger partial charge in [-0.1, -0.05) is 0 Å². The van der Waals surface area contributed by atoms with Crippen molar-refractivity contribution in [3.8, 4) is 6.07 Å². The molecule has 0 atom stereocenters. The van der Waals surface area contributed by atoms with E-state index < -0.39 is 0 Å². The van der Waals surface area contributed by atoms with E-state index >= 15 is 0 Å². The molecule has 7 heavy (non-hydrogen) atoms. The van der Waals surface area contributed by atoms with Crippen molar-refractivity contribution in [2.24, 2.45) is 0 Å². The van der Waals surface area contributed by atoms with Gasteiger partial charge < -0.3 is 0 Å². The van der Waals surface area contributed by atoms with Crippen molar-refractivity contribution >= 4 is 10.6 Å². The van der Waals surface area contributed by atoms with E-state index in [4.69, 9.17) is 5.26 Å². The molecule has 0 amide bonds. The zero-order chi connectivity index (χ0) is 6.12. The topological polar surface area (TPSA) is 23.8 Å². The van der Waals surface area contributed by atoms with Gasteiger partial charge in [0.1, 0.15) is 0 Å². The second kappa shape index (κ2) is 17.0. The molecule has 0 aromatic heterocycles. The molecule has 1 nitrogen and oxygen atoms in total. The number of hydrogen-bond acceptors (Lipinski definition) is 2. The molecule has 43 valence electrons. The summed E-state index contributed by atoms with van der Waals surface area (Å²) < 4.78 is 0. The van der Waals surface area contributed by atoms with Crippen LogP contribution in [0.25, 0.3) is 0 Å². The van der Waals surface area contributed by atoms with Gasteiger partial charge in [0.15, 0.2) is 0 Å². The fourth-order valence-corrected chi connectivity index (χ4v) is 0.0527. The minimum absolute atomic E-state index is 1.32. The summed E-state index contributed by atoms with van der Waals surface area (Å²) in [4.78, 5) is 0. The normalized spacial score (nSPS) is 6.43. The van der Waals surface area contributed by atoms with Crippen LogP contribution in [0.2, 0.25) is 0 Å². The zero-order valence-electron chi connectivity index (χ0n) is 3.52. The average Bonchev–Trinajstić information content (AvgIpc) is 1.75. The maximum atomic E-state index is 7.69. The first-order valence-corrected chi connectivity index (χ1v) is 2.78. The van der Waals surface area contributed by atoms with Crippen molar-refractivity contribution in [3.05, 3.63) is 19.1 Å². The summed E-state index contributed by atoms with van der Waals surface area (Å²) in [5, 5.41) is 7.69. The average molecular weight is 162 g/mol. The van der Waals surface area contributed by atoms with Gasteiger partial charge in [-0.05, 0) is 6.07 Å². The van der Waals surface area contributed by atoms with Crippen LogP contribution < -0.4 is 0 Å². The standard InChI is InChI=1S/C4H4N.Cu.S/c1-2-3-4-5;;/h2-3H,1H2;;/q-1;;. The Hall–Kier alpha value is -0.161. The van der Waals surface area contributed by atoms with E-state index in [1.165, 1.54) is 12.2 Å². The predicted molar refractivity (Wildman–Crippen MR) is 27.7 cm³/mol. The van der Waals surface area contributed by atoms with Crippen molar-refractivity contribution < 1.29 is 14.4 Å². The predicted octanol–water partition coefficient (Wildman–Crippen LogP) is 1.55. The molecule has 0 unspecified atom stereocenters. The van der Waals surface area contributed by atoms with Crippen LogP contribution in [0.15, 0.2) is 12.2 Å². The summed E-state index contributed by atoms with van der Waals surface area (Å²) in [5.74, 6) is 0. The first-order valence-electron chi connectivity index (χ1n) is 1.38. The van der Waals surface area contributed by atoms with Crippen LogP contribution in [0.3, 0.4) is 0 Å². The van der Waals surface area contributed by atoms with Gasteiger partial charge >= 0.3 is 24.9 Å². The van der Waals surface area contributed by atoms with Crippen molar-refractivity contribution in [3.63, 3.8) is 0 Å². The second-order valence-electron chi connectivity index (χ2n) is 0.531. The Morgan fingerprint density at radius 2 is 2.14 bits per heavy atom. The van der Waals surface area contributed by atoms with Crippen LogP contribution in [0, 0.1) is 18.3 Å². The van der Waals surface area contributed by atoms with Crippen LogP contribution in [-0.4, -0.2) is 0 Å². The molecule has 0 fully saturated rings. The molecule has 0 aliphatic heterocycles. The summed E-state index contributed by atoms with van der Waals surface area (Å²) in [6.07, 6.45) is 2.76. The fraction of sp³-hybridized carbons (Fsp3) is 0. The Balaban J connectivity index is 0. The van der Waals surface area contributed by atoms with Crippen LogP contribution >= 0.6 is 10.6 Å². The summed E-state index contributed by atoms with van der Waals surface area (Å²) in [7, 11) is 3.65. The van der Waals surface area contributed by atoms with Gasteiger partial charge in [-0.3, -0.25) is 0 Å². The molecule has 3 heteroatoms. The summed E-state index contributed by atoms with van der Waals surface area (Å²) in [5.41, 5.74) is 0. The monoisotopic (exact) mass is 161 g/mol. The van der Waals surface area contributed by atoms with Gasteiger partial charge in [0.25, 0.3) is 0 Å². The Bertz CT molecular complexity index is 84.2. The first kappa shape index (κ1) is 9.96. The second-order valence-corrected chi connectivity index (χ2v) is 0.531. The van der Waals surface area contributed by atoms with Gasteiger partial charge in [0.05, 0.1) is 0 Å². The molecule has 0 saturated carbocycles. The number of hydrogen-bond donors (Lipinski definition) is 0. The van der Waals surface area contributed by atoms with Crippen molar-refractivity contribution in [2.45, 2.75) is 0 Å². The van der Waals surface area contributed by atoms with Gasteiger partial charge in [-0.2, -0.15) is 0 Å². The number of nitrogens with zero attached hydrogens (tertiary/aromatic N) is 1. The molecule has 0 rings (SSSR count). The SMILES string of the molecule is [CH2-]C=CC#N.[S]=[Cu]. The van der Waals surface area contributed by atoms with Crippen molar-refractivity contribution in [1.29, 1.82) is 5.26 Å². The van der Waals surface area contributed by atoms with E-state index in [1.54, 1.807) is 6.07 Å². The van der Waals surface area contributed by atoms with Crippen molar-refractivity contribution in [2.75, 3.05) is 0 Å². The molecule has 0 aromatic carbocycles. The molecule has 0 radical (unpaired) electrons. The Kier molecular flexibility index (Phi) is 24.1. The molecular weight excluding hydrogens is 158 g/mol. The van der Waals surface area contributed by atoms with E-state index in [-0.39, 0.29) is 0 Å². The number of rotatable bonds is 0. The molecular formula is C4H4CuNS-. The van der Waals surface area contributed by atoms with Gasteiger partial charge in [0, 0.05) is 0 Å². The number of nitriles is 1. The molecule has 0 aromatic rings. The van der Waals surface area contributed by atoms with E-state index in [0.29, 0.717) is 0 Å². The van der Waals surface area contributed by atoms with Crippen LogP contribution in [0.1, 0.15) is 0 Å². The quantitative estimate of drug-likeness (QED) is 0.306. The van der Waals surface area contributed by atoms with Gasteiger partial charge in [0.2, 0.25) is 0 Å². The third kappa shape index (κ3) is 25.4. The van der Waals surface area contributed by atoms with Crippen LogP contribution in [0.4, 0.5) is 0 Å². The van der Waals surface area contributed by atoms with Gasteiger partial charge in [-0.25, -0.2) is 18.3 Å². The third-order valence-electron chi connectivity index (χ3n) is 0.192. The summed E-state index contributed by atoms with van der Waals surface area (Å²) >= 11 is 3.77. The zero-order valence-corrected chi connectivity index (χ0v) is 5.28. The maximum absolute atomic E-state index is 7.69. The molecule has 0 heterocycles. The van der Waals surface area contributed by atoms with E-state index in [9.17, 15) is 0 Å². The third-order valence-corrected chi connectivity index (χ3v) is 0.192. The Morgan fingerprint density at radius 3 is 2.14 bits per heavy atom. The molecule has 0 spiro atoms. The molecule has 0 aliphatic rings. The summed E-state index contributed by atoms with van der Waals surface area (Å²) in [6, 6.07) is 1.77. The Labute approximate surface area is 55.7 Å². The molecule has 0 saturated heterocycles. The number of allylic oxidation sites excluding steroid dienone is 2. The van der Waals surface area contributed by atoms with Crippen LogP contribution in [0.5, 0.6) is 0 Å². The van der Waals surface area contributed by atoms with E-state index in [2.05, 4.69) is 31.9 Å².